The number of fused-ring (bicyclic) bond motifs is 1. The Balaban J connectivity index is 2.82. The van der Waals surface area contributed by atoms with Gasteiger partial charge in [0.05, 0.1) is 11.1 Å². The lowest BCUT2D eigenvalue weighted by Crippen LogP contribution is -2.36. The van der Waals surface area contributed by atoms with Gasteiger partial charge in [0, 0.05) is 6.20 Å². The molecule has 0 radical (unpaired) electrons. The molecule has 0 aliphatic heterocycles. The van der Waals surface area contributed by atoms with Crippen molar-refractivity contribution >= 4 is 27.5 Å². The van der Waals surface area contributed by atoms with Gasteiger partial charge in [-0.25, -0.2) is 9.78 Å². The van der Waals surface area contributed by atoms with Crippen molar-refractivity contribution in [3.05, 3.63) is 34.2 Å². The van der Waals surface area contributed by atoms with Crippen LogP contribution in [-0.4, -0.2) is 28.1 Å². The molecule has 2 aromatic heterocycles. The lowest BCUT2D eigenvalue weighted by Gasteiger charge is -2.20. The van der Waals surface area contributed by atoms with Gasteiger partial charge in [0.15, 0.2) is 11.3 Å². The number of carbonyl (C=O) groups is 1. The van der Waals surface area contributed by atoms with E-state index in [0.717, 1.165) is 6.20 Å². The predicted molar refractivity (Wildman–Crippen MR) is 68.8 cm³/mol. The van der Waals surface area contributed by atoms with Crippen LogP contribution < -0.4 is 0 Å². The number of esters is 1. The van der Waals surface area contributed by atoms with E-state index in [-0.39, 0.29) is 16.7 Å². The lowest BCUT2D eigenvalue weighted by molar-refractivity contribution is -0.291. The molecule has 0 unspecified atom stereocenters. The highest BCUT2D eigenvalue weighted by Gasteiger charge is 2.62. The van der Waals surface area contributed by atoms with Crippen LogP contribution in [-0.2, 0) is 10.7 Å². The number of hydrogen-bond acceptors (Lipinski definition) is 3. The summed E-state index contributed by atoms with van der Waals surface area (Å²) in [6.45, 7) is 1.20. The normalized spacial score (nSPS) is 12.7. The number of hydrogen-bond donors (Lipinski definition) is 0. The van der Waals surface area contributed by atoms with Crippen LogP contribution in [0.25, 0.3) is 5.65 Å². The minimum absolute atomic E-state index is 0.157. The first-order chi connectivity index (χ1) is 10.1. The summed E-state index contributed by atoms with van der Waals surface area (Å²) in [5.41, 5.74) is -2.89. The molecular weight excluding hydrogens is 379 g/mol. The van der Waals surface area contributed by atoms with E-state index in [1.807, 2.05) is 0 Å². The average molecular weight is 387 g/mol. The van der Waals surface area contributed by atoms with Crippen LogP contribution in [0.15, 0.2) is 22.8 Å². The zero-order valence-corrected chi connectivity index (χ0v) is 12.5. The van der Waals surface area contributed by atoms with Crippen molar-refractivity contribution in [1.29, 1.82) is 0 Å². The number of halogens is 6. The van der Waals surface area contributed by atoms with Gasteiger partial charge in [-0.1, -0.05) is 0 Å². The molecule has 0 fully saturated rings. The van der Waals surface area contributed by atoms with Crippen molar-refractivity contribution in [1.82, 2.24) is 9.38 Å². The van der Waals surface area contributed by atoms with E-state index in [0.29, 0.717) is 4.40 Å². The van der Waals surface area contributed by atoms with Gasteiger partial charge < -0.3 is 4.74 Å². The Morgan fingerprint density at radius 1 is 1.36 bits per heavy atom. The third-order valence-corrected chi connectivity index (χ3v) is 3.34. The van der Waals surface area contributed by atoms with Crippen LogP contribution in [0.1, 0.15) is 23.1 Å². The predicted octanol–water partition coefficient (Wildman–Crippen LogP) is 3.93. The van der Waals surface area contributed by atoms with Gasteiger partial charge in [-0.05, 0) is 35.0 Å². The summed E-state index contributed by atoms with van der Waals surface area (Å²) >= 11 is 2.99. The summed E-state index contributed by atoms with van der Waals surface area (Å²) < 4.78 is 70.9. The van der Waals surface area contributed by atoms with E-state index in [4.69, 9.17) is 0 Å². The maximum atomic E-state index is 13.8. The minimum Gasteiger partial charge on any atom is -0.461 e. The Morgan fingerprint density at radius 3 is 2.55 bits per heavy atom. The molecular formula is C12H8BrF5N2O2. The number of pyridine rings is 1. The smallest absolute Gasteiger partial charge is 0.459 e. The molecule has 0 amide bonds. The fourth-order valence-electron chi connectivity index (χ4n) is 1.81. The van der Waals surface area contributed by atoms with Crippen molar-refractivity contribution in [2.24, 2.45) is 0 Å². The number of alkyl halides is 5. The van der Waals surface area contributed by atoms with Gasteiger partial charge in [0.1, 0.15) is 5.69 Å². The summed E-state index contributed by atoms with van der Waals surface area (Å²) in [4.78, 5) is 15.3. The molecule has 10 heteroatoms. The average Bonchev–Trinajstić information content (AvgIpc) is 2.79. The Morgan fingerprint density at radius 2 is 2.00 bits per heavy atom. The van der Waals surface area contributed by atoms with Crippen molar-refractivity contribution in [3.8, 4) is 0 Å². The van der Waals surface area contributed by atoms with Crippen LogP contribution in [0.3, 0.4) is 0 Å². The second kappa shape index (κ2) is 5.49. The van der Waals surface area contributed by atoms with Gasteiger partial charge in [0.25, 0.3) is 0 Å². The molecule has 0 atom stereocenters. The number of aromatic nitrogens is 2. The van der Waals surface area contributed by atoms with E-state index in [9.17, 15) is 26.7 Å². The molecule has 0 spiro atoms. The van der Waals surface area contributed by atoms with Gasteiger partial charge in [-0.3, -0.25) is 4.40 Å². The lowest BCUT2D eigenvalue weighted by atomic mass is 10.2. The summed E-state index contributed by atoms with van der Waals surface area (Å²) in [7, 11) is 0. The molecule has 0 N–H and O–H groups in total. The zero-order chi connectivity index (χ0) is 16.7. The zero-order valence-electron chi connectivity index (χ0n) is 10.9. The maximum Gasteiger partial charge on any atom is 0.459 e. The number of imidazole rings is 1. The molecule has 0 aliphatic carbocycles. The van der Waals surface area contributed by atoms with Crippen LogP contribution in [0.2, 0.25) is 0 Å². The maximum absolute atomic E-state index is 13.8. The number of nitrogens with zero attached hydrogens (tertiary/aromatic N) is 2. The van der Waals surface area contributed by atoms with Gasteiger partial charge in [-0.15, -0.1) is 0 Å². The first kappa shape index (κ1) is 16.7. The quantitative estimate of drug-likeness (QED) is 0.592. The molecule has 0 aromatic carbocycles. The Hall–Kier alpha value is -1.71. The summed E-state index contributed by atoms with van der Waals surface area (Å²) in [6, 6.07) is 2.64. The van der Waals surface area contributed by atoms with E-state index in [1.54, 1.807) is 0 Å². The monoisotopic (exact) mass is 386 g/mol. The molecule has 0 aliphatic rings. The fraction of sp³-hybridized carbons (Fsp3) is 0.333. The third-order valence-electron chi connectivity index (χ3n) is 2.72. The molecule has 0 saturated heterocycles. The van der Waals surface area contributed by atoms with E-state index in [1.165, 1.54) is 19.1 Å². The van der Waals surface area contributed by atoms with Crippen molar-refractivity contribution in [3.63, 3.8) is 0 Å². The highest BCUT2D eigenvalue weighted by Crippen LogP contribution is 2.45. The van der Waals surface area contributed by atoms with E-state index < -0.39 is 29.5 Å². The van der Waals surface area contributed by atoms with Crippen molar-refractivity contribution < 1.29 is 31.5 Å². The molecule has 2 rings (SSSR count). The summed E-state index contributed by atoms with van der Waals surface area (Å²) in [5, 5.41) is 0. The number of rotatable bonds is 3. The minimum atomic E-state index is -5.88. The molecule has 120 valence electrons. The molecule has 0 saturated carbocycles. The highest BCUT2D eigenvalue weighted by molar-refractivity contribution is 9.10. The SMILES string of the molecule is CCOC(=O)c1nc2c(Br)cccn2c1C(F)(F)C(F)(F)F. The van der Waals surface area contributed by atoms with Crippen molar-refractivity contribution in [2.75, 3.05) is 6.61 Å². The second-order valence-corrected chi connectivity index (χ2v) is 5.01. The fourth-order valence-corrected chi connectivity index (χ4v) is 2.24. The van der Waals surface area contributed by atoms with Crippen molar-refractivity contribution in [2.45, 2.75) is 19.0 Å². The molecule has 2 heterocycles. The van der Waals surface area contributed by atoms with Gasteiger partial charge in [0.2, 0.25) is 0 Å². The van der Waals surface area contributed by atoms with E-state index >= 15 is 0 Å². The van der Waals surface area contributed by atoms with Crippen LogP contribution in [0.4, 0.5) is 22.0 Å². The molecule has 0 bridgehead atoms. The Labute approximate surface area is 129 Å². The molecule has 22 heavy (non-hydrogen) atoms. The molecule has 4 nitrogen and oxygen atoms in total. The summed E-state index contributed by atoms with van der Waals surface area (Å²) in [6.07, 6.45) is -4.92. The Bertz CT molecular complexity index is 726. The summed E-state index contributed by atoms with van der Waals surface area (Å²) in [5.74, 6) is -6.62. The van der Waals surface area contributed by atoms with Crippen LogP contribution in [0.5, 0.6) is 0 Å². The third kappa shape index (κ3) is 2.55. The first-order valence-electron chi connectivity index (χ1n) is 5.90. The van der Waals surface area contributed by atoms with Crippen LogP contribution in [0, 0.1) is 0 Å². The largest absolute Gasteiger partial charge is 0.461 e. The van der Waals surface area contributed by atoms with E-state index in [2.05, 4.69) is 25.7 Å². The number of ether oxygens (including phenoxy) is 1. The topological polar surface area (TPSA) is 43.6 Å². The van der Waals surface area contributed by atoms with Crippen LogP contribution >= 0.6 is 15.9 Å². The first-order valence-corrected chi connectivity index (χ1v) is 6.69. The van der Waals surface area contributed by atoms with Gasteiger partial charge >= 0.3 is 18.1 Å². The Kier molecular flexibility index (Phi) is 4.16. The molecule has 2 aromatic rings. The second-order valence-electron chi connectivity index (χ2n) is 4.15. The standard InChI is InChI=1S/C12H8BrF5N2O2/c1-2-22-10(21)7-8(11(14,15)12(16,17)18)20-5-3-4-6(13)9(20)19-7/h3-5H,2H2,1H3. The number of carbonyl (C=O) groups excluding carboxylic acids is 1. The highest BCUT2D eigenvalue weighted by atomic mass is 79.9. The van der Waals surface area contributed by atoms with Gasteiger partial charge in [-0.2, -0.15) is 22.0 Å².